The molecule has 1 aromatic carbocycles. The number of amides is 2. The average molecular weight is 431 g/mol. The van der Waals surface area contributed by atoms with E-state index in [1.807, 2.05) is 18.2 Å². The molecule has 1 aliphatic rings. The zero-order chi connectivity index (χ0) is 21.6. The van der Waals surface area contributed by atoms with Gasteiger partial charge in [0.25, 0.3) is 5.91 Å². The van der Waals surface area contributed by atoms with Crippen molar-refractivity contribution in [2.75, 3.05) is 25.1 Å². The molecule has 2 amide bonds. The molecule has 1 saturated heterocycles. The SMILES string of the molecule is CC(C)(C)OC(=O)N1CCOC[C@H]1C(=O)Nc1ccc(SCc2ccccc2)nn1. The first-order chi connectivity index (χ1) is 14.3. The van der Waals surface area contributed by atoms with E-state index in [2.05, 4.69) is 27.6 Å². The molecule has 1 N–H and O–H groups in total. The number of carbonyl (C=O) groups is 2. The third-order valence-corrected chi connectivity index (χ3v) is 5.17. The van der Waals surface area contributed by atoms with Gasteiger partial charge in [0.1, 0.15) is 16.7 Å². The van der Waals surface area contributed by atoms with Gasteiger partial charge in [-0.15, -0.1) is 10.2 Å². The van der Waals surface area contributed by atoms with E-state index in [-0.39, 0.29) is 19.1 Å². The quantitative estimate of drug-likeness (QED) is 0.727. The Morgan fingerprint density at radius 2 is 1.97 bits per heavy atom. The molecular weight excluding hydrogens is 404 g/mol. The number of benzene rings is 1. The van der Waals surface area contributed by atoms with Crippen LogP contribution in [-0.2, 0) is 20.0 Å². The van der Waals surface area contributed by atoms with Crippen molar-refractivity contribution in [3.05, 3.63) is 48.0 Å². The second-order valence-corrected chi connectivity index (χ2v) is 8.78. The highest BCUT2D eigenvalue weighted by Crippen LogP contribution is 2.21. The van der Waals surface area contributed by atoms with Gasteiger partial charge in [0.2, 0.25) is 0 Å². The lowest BCUT2D eigenvalue weighted by atomic mass is 10.2. The smallest absolute Gasteiger partial charge is 0.411 e. The van der Waals surface area contributed by atoms with Crippen molar-refractivity contribution in [3.63, 3.8) is 0 Å². The maximum Gasteiger partial charge on any atom is 0.411 e. The molecule has 0 aliphatic carbocycles. The number of hydrogen-bond acceptors (Lipinski definition) is 7. The summed E-state index contributed by atoms with van der Waals surface area (Å²) in [6.07, 6.45) is -0.537. The molecule has 1 aromatic heterocycles. The van der Waals surface area contributed by atoms with E-state index in [0.717, 1.165) is 10.8 Å². The van der Waals surface area contributed by atoms with Crippen LogP contribution in [0.3, 0.4) is 0 Å². The van der Waals surface area contributed by atoms with Crippen LogP contribution in [0.1, 0.15) is 26.3 Å². The number of aromatic nitrogens is 2. The van der Waals surface area contributed by atoms with Gasteiger partial charge in [-0.1, -0.05) is 42.1 Å². The Hall–Kier alpha value is -2.65. The molecule has 3 rings (SSSR count). The van der Waals surface area contributed by atoms with E-state index < -0.39 is 17.7 Å². The number of ether oxygens (including phenoxy) is 2. The van der Waals surface area contributed by atoms with Gasteiger partial charge in [0.05, 0.1) is 13.2 Å². The van der Waals surface area contributed by atoms with Gasteiger partial charge in [-0.2, -0.15) is 0 Å². The summed E-state index contributed by atoms with van der Waals surface area (Å²) in [6.45, 7) is 6.10. The standard InChI is InChI=1S/C21H26N4O4S/c1-21(2,3)29-20(27)25-11-12-28-13-16(25)19(26)22-17-9-10-18(24-23-17)30-14-15-7-5-4-6-8-15/h4-10,16H,11-14H2,1-3H3,(H,22,23,26)/t16-/m0/s1. The summed E-state index contributed by atoms with van der Waals surface area (Å²) in [5.41, 5.74) is 0.552. The zero-order valence-corrected chi connectivity index (χ0v) is 18.1. The van der Waals surface area contributed by atoms with Crippen molar-refractivity contribution >= 4 is 29.6 Å². The molecule has 160 valence electrons. The molecule has 8 nitrogen and oxygen atoms in total. The molecule has 1 aliphatic heterocycles. The van der Waals surface area contributed by atoms with Crippen LogP contribution < -0.4 is 5.32 Å². The first kappa shape index (κ1) is 22.0. The monoisotopic (exact) mass is 430 g/mol. The average Bonchev–Trinajstić information content (AvgIpc) is 2.73. The lowest BCUT2D eigenvalue weighted by Crippen LogP contribution is -2.55. The maximum absolute atomic E-state index is 12.7. The van der Waals surface area contributed by atoms with Crippen molar-refractivity contribution in [1.82, 2.24) is 15.1 Å². The van der Waals surface area contributed by atoms with Crippen LogP contribution in [-0.4, -0.2) is 58.5 Å². The molecular formula is C21H26N4O4S. The molecule has 0 bridgehead atoms. The van der Waals surface area contributed by atoms with E-state index in [4.69, 9.17) is 9.47 Å². The van der Waals surface area contributed by atoms with E-state index in [1.165, 1.54) is 10.5 Å². The summed E-state index contributed by atoms with van der Waals surface area (Å²) >= 11 is 1.56. The Morgan fingerprint density at radius 1 is 1.20 bits per heavy atom. The highest BCUT2D eigenvalue weighted by atomic mass is 32.2. The van der Waals surface area contributed by atoms with Gasteiger partial charge in [-0.25, -0.2) is 4.79 Å². The first-order valence-electron chi connectivity index (χ1n) is 9.70. The highest BCUT2D eigenvalue weighted by molar-refractivity contribution is 7.98. The van der Waals surface area contributed by atoms with Crippen molar-refractivity contribution in [2.45, 2.75) is 43.2 Å². The Kier molecular flexibility index (Phi) is 7.28. The fourth-order valence-corrected chi connectivity index (χ4v) is 3.53. The summed E-state index contributed by atoms with van der Waals surface area (Å²) in [5, 5.41) is 11.7. The maximum atomic E-state index is 12.7. The van der Waals surface area contributed by atoms with Gasteiger partial charge in [0.15, 0.2) is 5.82 Å². The molecule has 1 fully saturated rings. The third kappa shape index (κ3) is 6.43. The number of nitrogens with zero attached hydrogens (tertiary/aromatic N) is 3. The molecule has 2 heterocycles. The Labute approximate surface area is 180 Å². The van der Waals surface area contributed by atoms with E-state index in [0.29, 0.717) is 12.4 Å². The van der Waals surface area contributed by atoms with Gasteiger partial charge in [-0.3, -0.25) is 9.69 Å². The molecule has 1 atom stereocenters. The molecule has 0 saturated carbocycles. The third-order valence-electron chi connectivity index (χ3n) is 4.18. The number of anilines is 1. The number of thioether (sulfide) groups is 1. The second-order valence-electron chi connectivity index (χ2n) is 7.78. The van der Waals surface area contributed by atoms with Crippen molar-refractivity contribution in [1.29, 1.82) is 0 Å². The largest absolute Gasteiger partial charge is 0.444 e. The Morgan fingerprint density at radius 3 is 2.63 bits per heavy atom. The lowest BCUT2D eigenvalue weighted by Gasteiger charge is -2.35. The normalized spacial score (nSPS) is 16.8. The highest BCUT2D eigenvalue weighted by Gasteiger charge is 2.35. The lowest BCUT2D eigenvalue weighted by molar-refractivity contribution is -0.127. The Balaban J connectivity index is 1.57. The molecule has 0 radical (unpaired) electrons. The van der Waals surface area contributed by atoms with Crippen LogP contribution in [0, 0.1) is 0 Å². The molecule has 0 unspecified atom stereocenters. The zero-order valence-electron chi connectivity index (χ0n) is 17.3. The molecule has 30 heavy (non-hydrogen) atoms. The van der Waals surface area contributed by atoms with Gasteiger partial charge in [0, 0.05) is 12.3 Å². The molecule has 2 aromatic rings. The summed E-state index contributed by atoms with van der Waals surface area (Å²) < 4.78 is 10.8. The minimum atomic E-state index is -0.789. The van der Waals surface area contributed by atoms with Crippen molar-refractivity contribution < 1.29 is 19.1 Å². The topological polar surface area (TPSA) is 93.6 Å². The van der Waals surface area contributed by atoms with Crippen LogP contribution >= 0.6 is 11.8 Å². The van der Waals surface area contributed by atoms with E-state index in [1.54, 1.807) is 44.7 Å². The van der Waals surface area contributed by atoms with Gasteiger partial charge < -0.3 is 14.8 Å². The van der Waals surface area contributed by atoms with Crippen LogP contribution in [0.4, 0.5) is 10.6 Å². The van der Waals surface area contributed by atoms with Crippen LogP contribution in [0.25, 0.3) is 0 Å². The first-order valence-corrected chi connectivity index (χ1v) is 10.7. The number of hydrogen-bond donors (Lipinski definition) is 1. The van der Waals surface area contributed by atoms with Crippen molar-refractivity contribution in [3.8, 4) is 0 Å². The van der Waals surface area contributed by atoms with Crippen LogP contribution in [0.15, 0.2) is 47.5 Å². The van der Waals surface area contributed by atoms with Gasteiger partial charge >= 0.3 is 6.09 Å². The minimum absolute atomic E-state index is 0.101. The van der Waals surface area contributed by atoms with Crippen molar-refractivity contribution in [2.24, 2.45) is 0 Å². The minimum Gasteiger partial charge on any atom is -0.444 e. The Bertz CT molecular complexity index is 856. The number of nitrogens with one attached hydrogen (secondary N) is 1. The molecule has 9 heteroatoms. The predicted octanol–water partition coefficient (Wildman–Crippen LogP) is 3.34. The summed E-state index contributed by atoms with van der Waals surface area (Å²) in [6, 6.07) is 12.8. The fourth-order valence-electron chi connectivity index (χ4n) is 2.76. The number of carbonyl (C=O) groups excluding carboxylic acids is 2. The number of morpholine rings is 1. The summed E-state index contributed by atoms with van der Waals surface area (Å²) in [4.78, 5) is 26.6. The van der Waals surface area contributed by atoms with Gasteiger partial charge in [-0.05, 0) is 38.5 Å². The second kappa shape index (κ2) is 9.90. The predicted molar refractivity (Wildman–Crippen MR) is 114 cm³/mol. The summed E-state index contributed by atoms with van der Waals surface area (Å²) in [7, 11) is 0. The van der Waals surface area contributed by atoms with Crippen LogP contribution in [0.5, 0.6) is 0 Å². The van der Waals surface area contributed by atoms with Crippen LogP contribution in [0.2, 0.25) is 0 Å². The summed E-state index contributed by atoms with van der Waals surface area (Å²) in [5.74, 6) is 0.712. The fraction of sp³-hybridized carbons (Fsp3) is 0.429. The number of rotatable bonds is 5. The van der Waals surface area contributed by atoms with E-state index in [9.17, 15) is 9.59 Å². The van der Waals surface area contributed by atoms with E-state index >= 15 is 0 Å². The molecule has 0 spiro atoms.